The second-order valence-corrected chi connectivity index (χ2v) is 5.51. The van der Waals surface area contributed by atoms with Crippen LogP contribution in [-0.4, -0.2) is 24.0 Å². The zero-order valence-corrected chi connectivity index (χ0v) is 13.2. The number of amides is 3. The van der Waals surface area contributed by atoms with Crippen molar-refractivity contribution in [1.82, 2.24) is 10.3 Å². The third-order valence-corrected chi connectivity index (χ3v) is 3.62. The molecule has 0 aliphatic rings. The van der Waals surface area contributed by atoms with E-state index >= 15 is 0 Å². The minimum Gasteiger partial charge on any atom is -0.341 e. The van der Waals surface area contributed by atoms with Crippen LogP contribution in [0.15, 0.2) is 29.6 Å². The van der Waals surface area contributed by atoms with E-state index in [1.54, 1.807) is 5.38 Å². The number of hydrogen-bond acceptors (Lipinski definition) is 4. The van der Waals surface area contributed by atoms with E-state index in [1.165, 1.54) is 19.2 Å². The van der Waals surface area contributed by atoms with E-state index in [2.05, 4.69) is 20.9 Å². The molecule has 2 aromatic rings. The Morgan fingerprint density at radius 3 is 2.67 bits per heavy atom. The number of halogens is 3. The molecule has 0 aliphatic carbocycles. The van der Waals surface area contributed by atoms with E-state index in [0.29, 0.717) is 10.8 Å². The van der Waals surface area contributed by atoms with Gasteiger partial charge < -0.3 is 10.6 Å². The lowest BCUT2D eigenvalue weighted by molar-refractivity contribution is -0.137. The summed E-state index contributed by atoms with van der Waals surface area (Å²) >= 11 is 1.14. The molecule has 0 radical (unpaired) electrons. The normalized spacial score (nSPS) is 11.0. The Labute approximate surface area is 139 Å². The third-order valence-electron chi connectivity index (χ3n) is 2.81. The van der Waals surface area contributed by atoms with Crippen LogP contribution in [0.1, 0.15) is 11.3 Å². The van der Waals surface area contributed by atoms with Crippen LogP contribution in [-0.2, 0) is 17.4 Å². The summed E-state index contributed by atoms with van der Waals surface area (Å²) in [6.07, 6.45) is -4.60. The van der Waals surface area contributed by atoms with Crippen molar-refractivity contribution >= 4 is 34.1 Å². The maximum Gasteiger partial charge on any atom is 0.416 e. The molecule has 0 aliphatic heterocycles. The quantitative estimate of drug-likeness (QED) is 0.785. The van der Waals surface area contributed by atoms with Crippen molar-refractivity contribution in [3.8, 4) is 0 Å². The standard InChI is InChI=1S/C14H13F3N4O2S/c1-18-12(23)21-13-20-10(7-24-13)6-11(22)19-9-4-2-3-8(5-9)14(15,16)17/h2-5,7H,6H2,1H3,(H,19,22)(H2,18,20,21,23). The van der Waals surface area contributed by atoms with E-state index in [1.807, 2.05) is 0 Å². The number of hydrogen-bond donors (Lipinski definition) is 3. The monoisotopic (exact) mass is 358 g/mol. The molecular formula is C14H13F3N4O2S. The summed E-state index contributed by atoms with van der Waals surface area (Å²) in [6.45, 7) is 0. The van der Waals surface area contributed by atoms with Gasteiger partial charge in [-0.2, -0.15) is 13.2 Å². The highest BCUT2D eigenvalue weighted by Gasteiger charge is 2.30. The molecule has 0 saturated heterocycles. The predicted molar refractivity (Wildman–Crippen MR) is 84.0 cm³/mol. The van der Waals surface area contributed by atoms with Crippen molar-refractivity contribution in [1.29, 1.82) is 0 Å². The molecule has 3 amide bonds. The predicted octanol–water partition coefficient (Wildman–Crippen LogP) is 3.09. The number of thiazole rings is 1. The van der Waals surface area contributed by atoms with Crippen molar-refractivity contribution in [3.05, 3.63) is 40.9 Å². The molecule has 0 bridgehead atoms. The van der Waals surface area contributed by atoms with Gasteiger partial charge >= 0.3 is 12.2 Å². The van der Waals surface area contributed by atoms with Crippen molar-refractivity contribution < 1.29 is 22.8 Å². The van der Waals surface area contributed by atoms with Crippen molar-refractivity contribution in [2.45, 2.75) is 12.6 Å². The van der Waals surface area contributed by atoms with Crippen LogP contribution in [0.25, 0.3) is 0 Å². The van der Waals surface area contributed by atoms with Gasteiger partial charge in [0.1, 0.15) is 0 Å². The first-order valence-corrected chi connectivity index (χ1v) is 7.56. The number of nitrogens with zero attached hydrogens (tertiary/aromatic N) is 1. The van der Waals surface area contributed by atoms with Crippen molar-refractivity contribution in [2.75, 3.05) is 17.7 Å². The zero-order chi connectivity index (χ0) is 17.7. The van der Waals surface area contributed by atoms with Crippen molar-refractivity contribution in [2.24, 2.45) is 0 Å². The molecule has 1 aromatic heterocycles. The van der Waals surface area contributed by atoms with Gasteiger partial charge in [-0.1, -0.05) is 6.07 Å². The number of alkyl halides is 3. The van der Waals surface area contributed by atoms with Gasteiger partial charge in [-0.3, -0.25) is 10.1 Å². The van der Waals surface area contributed by atoms with Crippen LogP contribution in [0.3, 0.4) is 0 Å². The largest absolute Gasteiger partial charge is 0.416 e. The Bertz CT molecular complexity index is 746. The van der Waals surface area contributed by atoms with Gasteiger partial charge in [-0.25, -0.2) is 9.78 Å². The zero-order valence-electron chi connectivity index (χ0n) is 12.4. The van der Waals surface area contributed by atoms with Gasteiger partial charge in [0.05, 0.1) is 17.7 Å². The molecule has 6 nitrogen and oxygen atoms in total. The lowest BCUT2D eigenvalue weighted by atomic mass is 10.2. The lowest BCUT2D eigenvalue weighted by Crippen LogP contribution is -2.24. The lowest BCUT2D eigenvalue weighted by Gasteiger charge is -2.09. The molecule has 3 N–H and O–H groups in total. The molecular weight excluding hydrogens is 345 g/mol. The first kappa shape index (κ1) is 17.7. The van der Waals surface area contributed by atoms with Gasteiger partial charge in [0, 0.05) is 18.1 Å². The number of benzene rings is 1. The first-order chi connectivity index (χ1) is 11.3. The van der Waals surface area contributed by atoms with E-state index in [-0.39, 0.29) is 12.1 Å². The molecule has 0 unspecified atom stereocenters. The number of aromatic nitrogens is 1. The Balaban J connectivity index is 1.97. The Morgan fingerprint density at radius 1 is 1.25 bits per heavy atom. The number of anilines is 2. The highest BCUT2D eigenvalue weighted by Crippen LogP contribution is 2.30. The van der Waals surface area contributed by atoms with Gasteiger partial charge in [0.2, 0.25) is 5.91 Å². The SMILES string of the molecule is CNC(=O)Nc1nc(CC(=O)Nc2cccc(C(F)(F)F)c2)cs1. The van der Waals surface area contributed by atoms with E-state index < -0.39 is 23.7 Å². The van der Waals surface area contributed by atoms with E-state index in [0.717, 1.165) is 23.5 Å². The van der Waals surface area contributed by atoms with Crippen LogP contribution < -0.4 is 16.0 Å². The van der Waals surface area contributed by atoms with Gasteiger partial charge in [0.15, 0.2) is 5.13 Å². The topological polar surface area (TPSA) is 83.1 Å². The van der Waals surface area contributed by atoms with E-state index in [4.69, 9.17) is 0 Å². The Hall–Kier alpha value is -2.62. The first-order valence-electron chi connectivity index (χ1n) is 6.68. The smallest absolute Gasteiger partial charge is 0.341 e. The molecule has 24 heavy (non-hydrogen) atoms. The number of urea groups is 1. The fourth-order valence-corrected chi connectivity index (χ4v) is 2.45. The van der Waals surface area contributed by atoms with Crippen LogP contribution in [0.2, 0.25) is 0 Å². The van der Waals surface area contributed by atoms with Crippen LogP contribution in [0, 0.1) is 0 Å². The number of nitrogens with one attached hydrogen (secondary N) is 3. The van der Waals surface area contributed by atoms with Gasteiger partial charge in [-0.05, 0) is 18.2 Å². The Morgan fingerprint density at radius 2 is 2.00 bits per heavy atom. The second-order valence-electron chi connectivity index (χ2n) is 4.65. The molecule has 1 aromatic carbocycles. The van der Waals surface area contributed by atoms with Gasteiger partial charge in [-0.15, -0.1) is 11.3 Å². The summed E-state index contributed by atoms with van der Waals surface area (Å²) in [5.41, 5.74) is -0.393. The molecule has 1 heterocycles. The minimum absolute atomic E-state index is 0.0498. The third kappa shape index (κ3) is 4.95. The fourth-order valence-electron chi connectivity index (χ4n) is 1.75. The second kappa shape index (κ2) is 7.30. The highest BCUT2D eigenvalue weighted by atomic mass is 32.1. The van der Waals surface area contributed by atoms with Crippen LogP contribution >= 0.6 is 11.3 Å². The molecule has 0 fully saturated rings. The van der Waals surface area contributed by atoms with E-state index in [9.17, 15) is 22.8 Å². The summed E-state index contributed by atoms with van der Waals surface area (Å²) in [5, 5.41) is 9.11. The highest BCUT2D eigenvalue weighted by molar-refractivity contribution is 7.13. The van der Waals surface area contributed by atoms with Crippen LogP contribution in [0.4, 0.5) is 28.8 Å². The Kier molecular flexibility index (Phi) is 5.39. The maximum absolute atomic E-state index is 12.6. The maximum atomic E-state index is 12.6. The van der Waals surface area contributed by atoms with Crippen LogP contribution in [0.5, 0.6) is 0 Å². The average molecular weight is 358 g/mol. The molecule has 0 saturated carbocycles. The summed E-state index contributed by atoms with van der Waals surface area (Å²) in [7, 11) is 1.45. The summed E-state index contributed by atoms with van der Waals surface area (Å²) in [4.78, 5) is 27.1. The molecule has 2 rings (SSSR count). The summed E-state index contributed by atoms with van der Waals surface area (Å²) in [6, 6.07) is 3.92. The molecule has 10 heteroatoms. The summed E-state index contributed by atoms with van der Waals surface area (Å²) in [5.74, 6) is -0.508. The molecule has 0 spiro atoms. The number of carbonyl (C=O) groups excluding carboxylic acids is 2. The van der Waals surface area contributed by atoms with Crippen molar-refractivity contribution in [3.63, 3.8) is 0 Å². The molecule has 0 atom stereocenters. The van der Waals surface area contributed by atoms with Gasteiger partial charge in [0.25, 0.3) is 0 Å². The minimum atomic E-state index is -4.48. The number of carbonyl (C=O) groups is 2. The molecule has 128 valence electrons. The summed E-state index contributed by atoms with van der Waals surface area (Å²) < 4.78 is 37.9. The average Bonchev–Trinajstić information content (AvgIpc) is 2.93. The fraction of sp³-hybridized carbons (Fsp3) is 0.214. The number of rotatable bonds is 4.